The van der Waals surface area contributed by atoms with Gasteiger partial charge in [0.15, 0.2) is 0 Å². The molecule has 4 rings (SSSR count). The summed E-state index contributed by atoms with van der Waals surface area (Å²) >= 11 is 0. The molecule has 0 aliphatic carbocycles. The van der Waals surface area contributed by atoms with Gasteiger partial charge in [-0.1, -0.05) is 24.3 Å². The number of piperidine rings is 1. The maximum absolute atomic E-state index is 13.2. The lowest BCUT2D eigenvalue weighted by atomic mass is 9.84. The number of carbonyl (C=O) groups is 2. The number of carbonyl (C=O) groups excluding carboxylic acids is 2. The standard InChI is InChI=1S/C22H26N4O2/c27-20(17-8-2-1-3-9-17)25-19-14-22(11-5-7-13-26(22)16-19)21(28)24-15-18-10-4-6-12-23-18/h1-4,6,8-10,12,19H,5,7,11,13-16H2,(H,24,28)(H,25,27)/t19?,22-/m0/s1. The number of hydrogen-bond donors (Lipinski definition) is 2. The molecule has 2 amide bonds. The summed E-state index contributed by atoms with van der Waals surface area (Å²) in [7, 11) is 0. The van der Waals surface area contributed by atoms with Crippen LogP contribution in [-0.4, -0.2) is 46.4 Å². The third-order valence-corrected chi connectivity index (χ3v) is 5.85. The molecule has 2 fully saturated rings. The maximum Gasteiger partial charge on any atom is 0.251 e. The summed E-state index contributed by atoms with van der Waals surface area (Å²) in [5.41, 5.74) is 0.976. The highest BCUT2D eigenvalue weighted by atomic mass is 16.2. The first-order valence-corrected chi connectivity index (χ1v) is 9.96. The number of rotatable bonds is 5. The molecule has 2 aromatic rings. The zero-order chi connectivity index (χ0) is 19.4. The van der Waals surface area contributed by atoms with Crippen molar-refractivity contribution in [1.82, 2.24) is 20.5 Å². The van der Waals surface area contributed by atoms with Crippen molar-refractivity contribution in [2.45, 2.75) is 43.8 Å². The van der Waals surface area contributed by atoms with Gasteiger partial charge in [0.1, 0.15) is 5.54 Å². The van der Waals surface area contributed by atoms with Gasteiger partial charge in [0.25, 0.3) is 5.91 Å². The van der Waals surface area contributed by atoms with Crippen LogP contribution in [0.15, 0.2) is 54.7 Å². The first-order chi connectivity index (χ1) is 13.7. The van der Waals surface area contributed by atoms with Crippen LogP contribution in [0.2, 0.25) is 0 Å². The number of aromatic nitrogens is 1. The molecule has 0 radical (unpaired) electrons. The van der Waals surface area contributed by atoms with Crippen molar-refractivity contribution in [3.63, 3.8) is 0 Å². The first-order valence-electron chi connectivity index (χ1n) is 9.96. The Morgan fingerprint density at radius 2 is 1.93 bits per heavy atom. The highest BCUT2D eigenvalue weighted by Gasteiger charge is 2.52. The lowest BCUT2D eigenvalue weighted by Crippen LogP contribution is -2.57. The summed E-state index contributed by atoms with van der Waals surface area (Å²) in [6.45, 7) is 2.04. The molecule has 2 atom stereocenters. The van der Waals surface area contributed by atoms with Crippen molar-refractivity contribution in [2.75, 3.05) is 13.1 Å². The number of amides is 2. The fraction of sp³-hybridized carbons (Fsp3) is 0.409. The van der Waals surface area contributed by atoms with E-state index in [1.807, 2.05) is 48.5 Å². The van der Waals surface area contributed by atoms with Gasteiger partial charge in [0.05, 0.1) is 12.2 Å². The molecule has 1 aromatic carbocycles. The summed E-state index contributed by atoms with van der Waals surface area (Å²) in [6.07, 6.45) is 5.34. The summed E-state index contributed by atoms with van der Waals surface area (Å²) in [5, 5.41) is 6.21. The van der Waals surface area contributed by atoms with Gasteiger partial charge in [0.2, 0.25) is 5.91 Å². The molecule has 6 nitrogen and oxygen atoms in total. The van der Waals surface area contributed by atoms with Crippen LogP contribution in [0, 0.1) is 0 Å². The number of nitrogens with one attached hydrogen (secondary N) is 2. The second-order valence-electron chi connectivity index (χ2n) is 7.68. The number of fused-ring (bicyclic) bond motifs is 1. The predicted octanol–water partition coefficient (Wildman–Crippen LogP) is 2.12. The highest BCUT2D eigenvalue weighted by molar-refractivity contribution is 5.94. The lowest BCUT2D eigenvalue weighted by molar-refractivity contribution is -0.134. The van der Waals surface area contributed by atoms with Crippen molar-refractivity contribution in [3.05, 3.63) is 66.0 Å². The van der Waals surface area contributed by atoms with Crippen LogP contribution < -0.4 is 10.6 Å². The van der Waals surface area contributed by atoms with E-state index in [4.69, 9.17) is 0 Å². The fourth-order valence-electron chi connectivity index (χ4n) is 4.47. The molecule has 2 aliphatic rings. The normalized spacial score (nSPS) is 24.4. The maximum atomic E-state index is 13.2. The Balaban J connectivity index is 1.44. The van der Waals surface area contributed by atoms with Crippen LogP contribution in [0.4, 0.5) is 0 Å². The van der Waals surface area contributed by atoms with Crippen molar-refractivity contribution in [1.29, 1.82) is 0 Å². The summed E-state index contributed by atoms with van der Waals surface area (Å²) in [4.78, 5) is 32.3. The minimum atomic E-state index is -0.526. The monoisotopic (exact) mass is 378 g/mol. The second-order valence-corrected chi connectivity index (χ2v) is 7.68. The Bertz CT molecular complexity index is 827. The van der Waals surface area contributed by atoms with E-state index in [-0.39, 0.29) is 17.9 Å². The molecule has 1 unspecified atom stereocenters. The fourth-order valence-corrected chi connectivity index (χ4v) is 4.47. The predicted molar refractivity (Wildman–Crippen MR) is 107 cm³/mol. The SMILES string of the molecule is O=C(NC1CN2CCCC[C@@]2(C(=O)NCc2ccccn2)C1)c1ccccc1. The zero-order valence-electron chi connectivity index (χ0n) is 15.9. The van der Waals surface area contributed by atoms with Crippen LogP contribution in [0.25, 0.3) is 0 Å². The van der Waals surface area contributed by atoms with E-state index in [0.29, 0.717) is 18.5 Å². The Labute approximate surface area is 165 Å². The van der Waals surface area contributed by atoms with Crippen molar-refractivity contribution >= 4 is 11.8 Å². The molecule has 3 heterocycles. The molecular weight excluding hydrogens is 352 g/mol. The van der Waals surface area contributed by atoms with Crippen LogP contribution in [-0.2, 0) is 11.3 Å². The van der Waals surface area contributed by atoms with E-state index in [1.54, 1.807) is 6.20 Å². The molecule has 0 spiro atoms. The Hall–Kier alpha value is -2.73. The molecule has 0 bridgehead atoms. The smallest absolute Gasteiger partial charge is 0.251 e. The Kier molecular flexibility index (Phi) is 5.39. The summed E-state index contributed by atoms with van der Waals surface area (Å²) in [6, 6.07) is 14.9. The van der Waals surface area contributed by atoms with Gasteiger partial charge in [-0.15, -0.1) is 0 Å². The second kappa shape index (κ2) is 8.10. The first kappa shape index (κ1) is 18.6. The number of pyridine rings is 1. The Morgan fingerprint density at radius 1 is 1.11 bits per heavy atom. The van der Waals surface area contributed by atoms with E-state index in [2.05, 4.69) is 20.5 Å². The van der Waals surface area contributed by atoms with Gasteiger partial charge >= 0.3 is 0 Å². The third kappa shape index (κ3) is 3.78. The Morgan fingerprint density at radius 3 is 2.71 bits per heavy atom. The molecule has 146 valence electrons. The molecule has 2 N–H and O–H groups in total. The van der Waals surface area contributed by atoms with Crippen LogP contribution in [0.3, 0.4) is 0 Å². The minimum absolute atomic E-state index is 0.0218. The number of hydrogen-bond acceptors (Lipinski definition) is 4. The summed E-state index contributed by atoms with van der Waals surface area (Å²) < 4.78 is 0. The average Bonchev–Trinajstić information content (AvgIpc) is 3.12. The molecule has 1 aromatic heterocycles. The number of benzene rings is 1. The quantitative estimate of drug-likeness (QED) is 0.836. The van der Waals surface area contributed by atoms with Crippen molar-refractivity contribution < 1.29 is 9.59 Å². The molecule has 6 heteroatoms. The van der Waals surface area contributed by atoms with E-state index in [9.17, 15) is 9.59 Å². The van der Waals surface area contributed by atoms with Crippen LogP contribution in [0.1, 0.15) is 41.7 Å². The van der Waals surface area contributed by atoms with Gasteiger partial charge in [-0.2, -0.15) is 0 Å². The lowest BCUT2D eigenvalue weighted by Gasteiger charge is -2.40. The van der Waals surface area contributed by atoms with E-state index in [1.165, 1.54) is 0 Å². The zero-order valence-corrected chi connectivity index (χ0v) is 15.9. The average molecular weight is 378 g/mol. The van der Waals surface area contributed by atoms with E-state index >= 15 is 0 Å². The third-order valence-electron chi connectivity index (χ3n) is 5.85. The largest absolute Gasteiger partial charge is 0.349 e. The van der Waals surface area contributed by atoms with Gasteiger partial charge in [0, 0.05) is 24.3 Å². The van der Waals surface area contributed by atoms with Gasteiger partial charge < -0.3 is 10.6 Å². The van der Waals surface area contributed by atoms with Gasteiger partial charge in [-0.3, -0.25) is 19.5 Å². The molecule has 2 saturated heterocycles. The molecule has 28 heavy (non-hydrogen) atoms. The summed E-state index contributed by atoms with van der Waals surface area (Å²) in [5.74, 6) is -0.0243. The van der Waals surface area contributed by atoms with E-state index in [0.717, 1.165) is 38.0 Å². The van der Waals surface area contributed by atoms with Crippen LogP contribution >= 0.6 is 0 Å². The van der Waals surface area contributed by atoms with Crippen LogP contribution in [0.5, 0.6) is 0 Å². The minimum Gasteiger partial charge on any atom is -0.349 e. The molecular formula is C22H26N4O2. The molecule has 2 aliphatic heterocycles. The number of nitrogens with zero attached hydrogens (tertiary/aromatic N) is 2. The van der Waals surface area contributed by atoms with Crippen molar-refractivity contribution in [3.8, 4) is 0 Å². The van der Waals surface area contributed by atoms with Gasteiger partial charge in [-0.05, 0) is 56.5 Å². The van der Waals surface area contributed by atoms with E-state index < -0.39 is 5.54 Å². The highest BCUT2D eigenvalue weighted by Crippen LogP contribution is 2.38. The topological polar surface area (TPSA) is 74.3 Å². The van der Waals surface area contributed by atoms with Gasteiger partial charge in [-0.25, -0.2) is 0 Å². The van der Waals surface area contributed by atoms with Crippen molar-refractivity contribution in [2.24, 2.45) is 0 Å². The molecule has 0 saturated carbocycles.